The highest BCUT2D eigenvalue weighted by Gasteiger charge is 2.11. The fraction of sp³-hybridized carbons (Fsp3) is 0.600. The van der Waals surface area contributed by atoms with Crippen LogP contribution >= 0.6 is 0 Å². The van der Waals surface area contributed by atoms with Crippen LogP contribution in [-0.4, -0.2) is 61.7 Å². The third-order valence-electron chi connectivity index (χ3n) is 4.98. The molecule has 0 bridgehead atoms. The molecule has 6 heteroatoms. The Kier molecular flexibility index (Phi) is 7.46. The van der Waals surface area contributed by atoms with E-state index in [9.17, 15) is 4.79 Å². The maximum Gasteiger partial charge on any atom is 0.252 e. The van der Waals surface area contributed by atoms with Crippen molar-refractivity contribution in [3.63, 3.8) is 0 Å². The van der Waals surface area contributed by atoms with Crippen LogP contribution in [0.2, 0.25) is 0 Å². The van der Waals surface area contributed by atoms with Crippen LogP contribution in [0, 0.1) is 0 Å². The number of pyridine rings is 1. The van der Waals surface area contributed by atoms with Crippen molar-refractivity contribution in [1.29, 1.82) is 0 Å². The molecule has 1 aromatic rings. The minimum Gasteiger partial charge on any atom is -0.383 e. The molecule has 26 heavy (non-hydrogen) atoms. The maximum atomic E-state index is 12.3. The van der Waals surface area contributed by atoms with Crippen LogP contribution < -0.4 is 10.6 Å². The predicted molar refractivity (Wildman–Crippen MR) is 103 cm³/mol. The van der Waals surface area contributed by atoms with E-state index in [4.69, 9.17) is 4.74 Å². The monoisotopic (exact) mass is 358 g/mol. The summed E-state index contributed by atoms with van der Waals surface area (Å²) in [5.41, 5.74) is 3.06. The fourth-order valence-corrected chi connectivity index (χ4v) is 3.41. The summed E-state index contributed by atoms with van der Waals surface area (Å²) < 4.78 is 5.33. The first kappa shape index (κ1) is 18.9. The summed E-state index contributed by atoms with van der Waals surface area (Å²) in [6.45, 7) is 5.82. The third-order valence-corrected chi connectivity index (χ3v) is 4.98. The number of carbonyl (C=O) groups excluding carboxylic acids is 1. The molecule has 1 saturated heterocycles. The average Bonchev–Trinajstić information content (AvgIpc) is 2.70. The first-order valence-electron chi connectivity index (χ1n) is 9.76. The Labute approximate surface area is 156 Å². The van der Waals surface area contributed by atoms with Crippen LogP contribution in [0.5, 0.6) is 0 Å². The normalized spacial score (nSPS) is 18.2. The number of hydrogen-bond donors (Lipinski definition) is 2. The standard InChI is InChI=1S/C20H30N4O2/c25-20(23-8-9-24-10-12-26-13-11-24)18-14-19(16-21-15-18)22-7-6-17-4-2-1-3-5-17/h4,14-16,22H,1-3,5-13H2,(H,23,25). The van der Waals surface area contributed by atoms with E-state index in [1.54, 1.807) is 18.0 Å². The molecular formula is C20H30N4O2. The summed E-state index contributed by atoms with van der Waals surface area (Å²) in [4.78, 5) is 18.8. The fourth-order valence-electron chi connectivity index (χ4n) is 3.41. The summed E-state index contributed by atoms with van der Waals surface area (Å²) in [6, 6.07) is 1.88. The highest BCUT2D eigenvalue weighted by Crippen LogP contribution is 2.20. The number of aromatic nitrogens is 1. The summed E-state index contributed by atoms with van der Waals surface area (Å²) in [5.74, 6) is -0.0654. The smallest absolute Gasteiger partial charge is 0.252 e. The molecule has 0 unspecified atom stereocenters. The lowest BCUT2D eigenvalue weighted by atomic mass is 9.97. The molecule has 1 aliphatic heterocycles. The summed E-state index contributed by atoms with van der Waals surface area (Å²) >= 11 is 0. The quantitative estimate of drug-likeness (QED) is 0.699. The van der Waals surface area contributed by atoms with Crippen molar-refractivity contribution in [2.45, 2.75) is 32.1 Å². The zero-order valence-corrected chi connectivity index (χ0v) is 15.5. The SMILES string of the molecule is O=C(NCCN1CCOCC1)c1cncc(NCCC2=CCCCC2)c1. The lowest BCUT2D eigenvalue weighted by Crippen LogP contribution is -2.41. The van der Waals surface area contributed by atoms with Gasteiger partial charge in [0, 0.05) is 45.1 Å². The lowest BCUT2D eigenvalue weighted by Gasteiger charge is -2.26. The van der Waals surface area contributed by atoms with Crippen molar-refractivity contribution in [2.75, 3.05) is 51.3 Å². The Balaban J connectivity index is 1.40. The van der Waals surface area contributed by atoms with E-state index in [-0.39, 0.29) is 5.91 Å². The van der Waals surface area contributed by atoms with E-state index in [2.05, 4.69) is 26.6 Å². The van der Waals surface area contributed by atoms with Gasteiger partial charge in [-0.25, -0.2) is 0 Å². The van der Waals surface area contributed by atoms with Gasteiger partial charge in [0.15, 0.2) is 0 Å². The van der Waals surface area contributed by atoms with Crippen molar-refractivity contribution in [3.05, 3.63) is 35.7 Å². The second-order valence-electron chi connectivity index (χ2n) is 6.96. The number of nitrogens with one attached hydrogen (secondary N) is 2. The molecule has 2 heterocycles. The van der Waals surface area contributed by atoms with Crippen LogP contribution in [-0.2, 0) is 4.74 Å². The topological polar surface area (TPSA) is 66.5 Å². The number of carbonyl (C=O) groups is 1. The molecule has 1 fully saturated rings. The predicted octanol–water partition coefficient (Wildman–Crippen LogP) is 2.45. The van der Waals surface area contributed by atoms with Crippen molar-refractivity contribution < 1.29 is 9.53 Å². The maximum absolute atomic E-state index is 12.3. The van der Waals surface area contributed by atoms with E-state index in [1.165, 1.54) is 25.7 Å². The molecule has 1 amide bonds. The Morgan fingerprint density at radius 1 is 1.19 bits per heavy atom. The number of nitrogens with zero attached hydrogens (tertiary/aromatic N) is 2. The van der Waals surface area contributed by atoms with Gasteiger partial charge in [0.2, 0.25) is 0 Å². The number of rotatable bonds is 8. The first-order chi connectivity index (χ1) is 12.8. The van der Waals surface area contributed by atoms with E-state index < -0.39 is 0 Å². The molecule has 142 valence electrons. The molecule has 6 nitrogen and oxygen atoms in total. The largest absolute Gasteiger partial charge is 0.383 e. The van der Waals surface area contributed by atoms with Gasteiger partial charge in [-0.2, -0.15) is 0 Å². The zero-order valence-electron chi connectivity index (χ0n) is 15.5. The number of amides is 1. The third kappa shape index (κ3) is 6.11. The Morgan fingerprint density at radius 3 is 2.88 bits per heavy atom. The van der Waals surface area contributed by atoms with E-state index in [1.807, 2.05) is 6.07 Å². The molecule has 0 atom stereocenters. The molecule has 2 aliphatic rings. The summed E-state index contributed by atoms with van der Waals surface area (Å²) in [7, 11) is 0. The zero-order chi connectivity index (χ0) is 18.0. The van der Waals surface area contributed by atoms with Gasteiger partial charge < -0.3 is 15.4 Å². The van der Waals surface area contributed by atoms with Crippen molar-refractivity contribution in [1.82, 2.24) is 15.2 Å². The van der Waals surface area contributed by atoms with Gasteiger partial charge in [0.25, 0.3) is 5.91 Å². The second kappa shape index (κ2) is 10.3. The van der Waals surface area contributed by atoms with Crippen LogP contribution in [0.4, 0.5) is 5.69 Å². The molecule has 1 aromatic heterocycles. The molecule has 0 saturated carbocycles. The van der Waals surface area contributed by atoms with Gasteiger partial charge in [-0.05, 0) is 38.2 Å². The van der Waals surface area contributed by atoms with E-state index >= 15 is 0 Å². The van der Waals surface area contributed by atoms with Gasteiger partial charge in [0.05, 0.1) is 24.5 Å². The van der Waals surface area contributed by atoms with Crippen molar-refractivity contribution in [2.24, 2.45) is 0 Å². The second-order valence-corrected chi connectivity index (χ2v) is 6.96. The molecule has 3 rings (SSSR count). The molecule has 2 N–H and O–H groups in total. The van der Waals surface area contributed by atoms with Crippen LogP contribution in [0.1, 0.15) is 42.5 Å². The van der Waals surface area contributed by atoms with Crippen LogP contribution in [0.15, 0.2) is 30.1 Å². The van der Waals surface area contributed by atoms with Crippen LogP contribution in [0.3, 0.4) is 0 Å². The Morgan fingerprint density at radius 2 is 2.08 bits per heavy atom. The molecule has 0 spiro atoms. The van der Waals surface area contributed by atoms with E-state index in [0.29, 0.717) is 12.1 Å². The molecular weight excluding hydrogens is 328 g/mol. The molecule has 1 aliphatic carbocycles. The average molecular weight is 358 g/mol. The van der Waals surface area contributed by atoms with E-state index in [0.717, 1.165) is 51.5 Å². The van der Waals surface area contributed by atoms with Crippen LogP contribution in [0.25, 0.3) is 0 Å². The number of morpholine rings is 1. The van der Waals surface area contributed by atoms with Crippen molar-refractivity contribution >= 4 is 11.6 Å². The summed E-state index contributed by atoms with van der Waals surface area (Å²) in [6.07, 6.45) is 11.9. The first-order valence-corrected chi connectivity index (χ1v) is 9.76. The van der Waals surface area contributed by atoms with Gasteiger partial charge in [0.1, 0.15) is 0 Å². The Hall–Kier alpha value is -1.92. The highest BCUT2D eigenvalue weighted by molar-refractivity contribution is 5.94. The lowest BCUT2D eigenvalue weighted by molar-refractivity contribution is 0.0383. The number of allylic oxidation sites excluding steroid dienone is 1. The van der Waals surface area contributed by atoms with Gasteiger partial charge in [-0.15, -0.1) is 0 Å². The minimum absolute atomic E-state index is 0.0654. The summed E-state index contributed by atoms with van der Waals surface area (Å²) in [5, 5.41) is 6.37. The Bertz CT molecular complexity index is 612. The number of anilines is 1. The molecule has 0 aromatic carbocycles. The van der Waals surface area contributed by atoms with Crippen molar-refractivity contribution in [3.8, 4) is 0 Å². The van der Waals surface area contributed by atoms with Gasteiger partial charge in [-0.3, -0.25) is 14.7 Å². The van der Waals surface area contributed by atoms with Gasteiger partial charge >= 0.3 is 0 Å². The minimum atomic E-state index is -0.0654. The highest BCUT2D eigenvalue weighted by atomic mass is 16.5. The number of ether oxygens (including phenoxy) is 1. The van der Waals surface area contributed by atoms with Gasteiger partial charge in [-0.1, -0.05) is 11.6 Å². The molecule has 0 radical (unpaired) electrons. The number of hydrogen-bond acceptors (Lipinski definition) is 5.